The zero-order valence-electron chi connectivity index (χ0n) is 27.0. The van der Waals surface area contributed by atoms with Gasteiger partial charge in [-0.15, -0.1) is 11.3 Å². The molecule has 0 saturated carbocycles. The van der Waals surface area contributed by atoms with Gasteiger partial charge in [0.15, 0.2) is 11.5 Å². The van der Waals surface area contributed by atoms with Crippen LogP contribution in [0.15, 0.2) is 182 Å². The molecule has 1 aromatic heterocycles. The number of ether oxygens (including phenoxy) is 1. The smallest absolute Gasteiger partial charge is 0.153 e. The highest BCUT2D eigenvalue weighted by atomic mass is 32.1. The maximum atomic E-state index is 6.65. The van der Waals surface area contributed by atoms with Crippen molar-refractivity contribution in [3.05, 3.63) is 182 Å². The summed E-state index contributed by atoms with van der Waals surface area (Å²) in [5, 5.41) is 5.01. The molecular weight excluding hydrogens is 629 g/mol. The number of rotatable bonds is 5. The van der Waals surface area contributed by atoms with Gasteiger partial charge in [0.2, 0.25) is 0 Å². The lowest BCUT2D eigenvalue weighted by atomic mass is 10.0. The van der Waals surface area contributed by atoms with Crippen molar-refractivity contribution in [1.29, 1.82) is 0 Å². The van der Waals surface area contributed by atoms with E-state index in [0.29, 0.717) is 0 Å². The Morgan fingerprint density at radius 3 is 2.02 bits per heavy atom. The molecule has 50 heavy (non-hydrogen) atoms. The van der Waals surface area contributed by atoms with E-state index >= 15 is 0 Å². The average Bonchev–Trinajstić information content (AvgIpc) is 3.56. The Morgan fingerprint density at radius 2 is 1.12 bits per heavy atom. The fourth-order valence-corrected chi connectivity index (χ4v) is 8.37. The van der Waals surface area contributed by atoms with Crippen LogP contribution in [-0.4, -0.2) is 0 Å². The van der Waals surface area contributed by atoms with Crippen molar-refractivity contribution in [2.75, 3.05) is 9.80 Å². The summed E-state index contributed by atoms with van der Waals surface area (Å²) >= 11 is 1.85. The molecule has 0 radical (unpaired) electrons. The molecule has 10 rings (SSSR count). The van der Waals surface area contributed by atoms with Crippen LogP contribution in [-0.2, 0) is 0 Å². The fourth-order valence-electron chi connectivity index (χ4n) is 7.28. The topological polar surface area (TPSA) is 15.7 Å². The molecular formula is C46H30N2OS. The minimum atomic E-state index is 0.809. The summed E-state index contributed by atoms with van der Waals surface area (Å²) in [6.45, 7) is 0. The van der Waals surface area contributed by atoms with Crippen LogP contribution in [0.3, 0.4) is 0 Å². The van der Waals surface area contributed by atoms with Gasteiger partial charge in [0.05, 0.1) is 22.7 Å². The third-order valence-corrected chi connectivity index (χ3v) is 10.8. The second kappa shape index (κ2) is 11.7. The summed E-state index contributed by atoms with van der Waals surface area (Å²) in [6, 6.07) is 64.9. The van der Waals surface area contributed by atoms with Gasteiger partial charge in [0, 0.05) is 43.0 Å². The van der Waals surface area contributed by atoms with Gasteiger partial charge in [-0.05, 0) is 89.3 Å². The van der Waals surface area contributed by atoms with Crippen LogP contribution in [0.4, 0.5) is 34.1 Å². The molecule has 236 valence electrons. The van der Waals surface area contributed by atoms with E-state index in [1.165, 1.54) is 42.1 Å². The van der Waals surface area contributed by atoms with E-state index < -0.39 is 0 Å². The lowest BCUT2D eigenvalue weighted by molar-refractivity contribution is 0.477. The molecule has 9 aromatic rings. The lowest BCUT2D eigenvalue weighted by Gasteiger charge is -2.34. The van der Waals surface area contributed by atoms with Gasteiger partial charge in [-0.3, -0.25) is 0 Å². The van der Waals surface area contributed by atoms with E-state index in [0.717, 1.165) is 45.6 Å². The number of fused-ring (bicyclic) bond motifs is 6. The zero-order chi connectivity index (χ0) is 33.0. The number of hydrogen-bond donors (Lipinski definition) is 0. The summed E-state index contributed by atoms with van der Waals surface area (Å²) < 4.78 is 9.29. The van der Waals surface area contributed by atoms with E-state index in [2.05, 4.69) is 180 Å². The fraction of sp³-hybridized carbons (Fsp3) is 0. The molecule has 8 aromatic carbocycles. The molecule has 4 heteroatoms. The van der Waals surface area contributed by atoms with Crippen molar-refractivity contribution in [2.45, 2.75) is 0 Å². The van der Waals surface area contributed by atoms with Crippen LogP contribution in [0.1, 0.15) is 0 Å². The Morgan fingerprint density at radius 1 is 0.440 bits per heavy atom. The molecule has 0 unspecified atom stereocenters. The number of nitrogens with zero attached hydrogens (tertiary/aromatic N) is 2. The van der Waals surface area contributed by atoms with Gasteiger partial charge < -0.3 is 14.5 Å². The summed E-state index contributed by atoms with van der Waals surface area (Å²) in [6.07, 6.45) is 0. The van der Waals surface area contributed by atoms with E-state index in [4.69, 9.17) is 4.74 Å². The number of hydrogen-bond acceptors (Lipinski definition) is 4. The highest BCUT2D eigenvalue weighted by Gasteiger charge is 2.27. The van der Waals surface area contributed by atoms with Crippen LogP contribution in [0.2, 0.25) is 0 Å². The molecule has 0 fully saturated rings. The normalized spacial score (nSPS) is 12.1. The number of thiophene rings is 1. The van der Waals surface area contributed by atoms with E-state index in [-0.39, 0.29) is 0 Å². The summed E-state index contributed by atoms with van der Waals surface area (Å²) in [4.78, 5) is 4.63. The van der Waals surface area contributed by atoms with Gasteiger partial charge in [-0.25, -0.2) is 0 Å². The van der Waals surface area contributed by atoms with Crippen molar-refractivity contribution in [3.8, 4) is 22.6 Å². The van der Waals surface area contributed by atoms with Gasteiger partial charge in [-0.2, -0.15) is 0 Å². The Bertz CT molecular complexity index is 2690. The van der Waals surface area contributed by atoms with Crippen LogP contribution in [0.5, 0.6) is 11.5 Å². The first-order valence-electron chi connectivity index (χ1n) is 16.8. The van der Waals surface area contributed by atoms with Crippen molar-refractivity contribution < 1.29 is 4.74 Å². The largest absolute Gasteiger partial charge is 0.453 e. The maximum absolute atomic E-state index is 6.65. The Hall–Kier alpha value is -6.36. The lowest BCUT2D eigenvalue weighted by Crippen LogP contribution is -2.17. The molecule has 0 aliphatic carbocycles. The maximum Gasteiger partial charge on any atom is 0.153 e. The molecule has 3 nitrogen and oxygen atoms in total. The molecule has 1 aliphatic heterocycles. The van der Waals surface area contributed by atoms with E-state index in [1.807, 2.05) is 23.5 Å². The van der Waals surface area contributed by atoms with Crippen molar-refractivity contribution in [1.82, 2.24) is 0 Å². The highest BCUT2D eigenvalue weighted by molar-refractivity contribution is 7.25. The van der Waals surface area contributed by atoms with E-state index in [9.17, 15) is 0 Å². The molecule has 1 aliphatic rings. The zero-order valence-corrected chi connectivity index (χ0v) is 27.8. The van der Waals surface area contributed by atoms with Crippen LogP contribution < -0.4 is 14.5 Å². The first-order valence-corrected chi connectivity index (χ1v) is 17.7. The van der Waals surface area contributed by atoms with Gasteiger partial charge in [0.25, 0.3) is 0 Å². The number of para-hydroxylation sites is 3. The number of benzene rings is 8. The molecule has 0 saturated heterocycles. The summed E-state index contributed by atoms with van der Waals surface area (Å²) in [5.41, 5.74) is 8.72. The average molecular weight is 659 g/mol. The standard InChI is InChI=1S/C46H30N2OS/c1-2-13-34(14-3-1)48-41-17-7-8-19-43(41)49-44-30-36(26-27-42(44)48)47(40-18-10-12-32-11-4-5-15-37(32)40)35-24-21-31(22-25-35)33-23-28-46-39(29-33)38-16-6-9-20-45(38)50-46/h1-30H. The predicted octanol–water partition coefficient (Wildman–Crippen LogP) is 13.9. The Balaban J connectivity index is 1.11. The van der Waals surface area contributed by atoms with E-state index in [1.54, 1.807) is 0 Å². The quantitative estimate of drug-likeness (QED) is 0.183. The molecule has 0 spiro atoms. The van der Waals surface area contributed by atoms with Crippen molar-refractivity contribution in [2.24, 2.45) is 0 Å². The van der Waals surface area contributed by atoms with Gasteiger partial charge >= 0.3 is 0 Å². The van der Waals surface area contributed by atoms with Crippen LogP contribution >= 0.6 is 11.3 Å². The minimum Gasteiger partial charge on any atom is -0.453 e. The first-order chi connectivity index (χ1) is 24.8. The van der Waals surface area contributed by atoms with Crippen LogP contribution in [0.25, 0.3) is 42.1 Å². The SMILES string of the molecule is c1ccc(N2c3ccccc3Oc3cc(N(c4ccc(-c5ccc6sc7ccccc7c6c5)cc4)c4cccc5ccccc45)ccc32)cc1. The van der Waals surface area contributed by atoms with Crippen molar-refractivity contribution >= 4 is 76.4 Å². The molecule has 0 bridgehead atoms. The number of anilines is 6. The monoisotopic (exact) mass is 658 g/mol. The van der Waals surface area contributed by atoms with Gasteiger partial charge in [-0.1, -0.05) is 103 Å². The third kappa shape index (κ3) is 4.73. The summed E-state index contributed by atoms with van der Waals surface area (Å²) in [7, 11) is 0. The first kappa shape index (κ1) is 28.6. The molecule has 0 amide bonds. The third-order valence-electron chi connectivity index (χ3n) is 9.63. The molecule has 0 atom stereocenters. The second-order valence-corrected chi connectivity index (χ2v) is 13.7. The summed E-state index contributed by atoms with van der Waals surface area (Å²) in [5.74, 6) is 1.64. The highest BCUT2D eigenvalue weighted by Crippen LogP contribution is 2.52. The Kier molecular flexibility index (Phi) is 6.68. The van der Waals surface area contributed by atoms with Crippen molar-refractivity contribution in [3.63, 3.8) is 0 Å². The minimum absolute atomic E-state index is 0.809. The predicted molar refractivity (Wildman–Crippen MR) is 212 cm³/mol. The van der Waals surface area contributed by atoms with Crippen LogP contribution in [0, 0.1) is 0 Å². The molecule has 2 heterocycles. The molecule has 0 N–H and O–H groups in total. The van der Waals surface area contributed by atoms with Gasteiger partial charge in [0.1, 0.15) is 0 Å². The Labute approximate surface area is 294 Å². The second-order valence-electron chi connectivity index (χ2n) is 12.6.